The monoisotopic (exact) mass is 375 g/mol. The van der Waals surface area contributed by atoms with E-state index in [0.29, 0.717) is 11.5 Å². The van der Waals surface area contributed by atoms with Crippen molar-refractivity contribution in [3.8, 4) is 11.5 Å². The Morgan fingerprint density at radius 2 is 1.36 bits per heavy atom. The van der Waals surface area contributed by atoms with Crippen LogP contribution in [-0.4, -0.2) is 32.1 Å². The van der Waals surface area contributed by atoms with Crippen molar-refractivity contribution in [3.05, 3.63) is 95.6 Å². The highest BCUT2D eigenvalue weighted by Crippen LogP contribution is 2.30. The zero-order chi connectivity index (χ0) is 19.9. The molecule has 0 N–H and O–H groups in total. The van der Waals surface area contributed by atoms with Gasteiger partial charge in [0.1, 0.15) is 0 Å². The number of carbonyl (C=O) groups is 1. The largest absolute Gasteiger partial charge is 0.493 e. The van der Waals surface area contributed by atoms with Crippen molar-refractivity contribution in [2.24, 2.45) is 0 Å². The lowest BCUT2D eigenvalue weighted by Gasteiger charge is -2.29. The molecule has 1 amide bonds. The van der Waals surface area contributed by atoms with Gasteiger partial charge in [0.25, 0.3) is 0 Å². The molecule has 0 saturated carbocycles. The van der Waals surface area contributed by atoms with Crippen LogP contribution in [0.25, 0.3) is 0 Å². The maximum absolute atomic E-state index is 13.1. The fourth-order valence-electron chi connectivity index (χ4n) is 3.34. The van der Waals surface area contributed by atoms with E-state index in [2.05, 4.69) is 24.3 Å². The Labute approximate surface area is 166 Å². The fourth-order valence-corrected chi connectivity index (χ4v) is 3.34. The standard InChI is InChI=1S/C24H25NO3/c1-25(23(26)17-18-14-15-21(27-2)22(16-18)28-3)24(19-10-6-4-7-11-19)20-12-8-5-9-13-20/h4-16,24H,17H2,1-3H3. The highest BCUT2D eigenvalue weighted by Gasteiger charge is 2.23. The molecule has 0 spiro atoms. The molecule has 4 nitrogen and oxygen atoms in total. The molecule has 0 heterocycles. The number of rotatable bonds is 7. The van der Waals surface area contributed by atoms with Crippen molar-refractivity contribution >= 4 is 5.91 Å². The summed E-state index contributed by atoms with van der Waals surface area (Å²) in [4.78, 5) is 14.9. The van der Waals surface area contributed by atoms with Crippen LogP contribution in [0.2, 0.25) is 0 Å². The Morgan fingerprint density at radius 3 is 1.86 bits per heavy atom. The summed E-state index contributed by atoms with van der Waals surface area (Å²) in [6.07, 6.45) is 0.285. The maximum atomic E-state index is 13.1. The van der Waals surface area contributed by atoms with Crippen molar-refractivity contribution in [2.45, 2.75) is 12.5 Å². The second-order valence-electron chi connectivity index (χ2n) is 6.59. The molecule has 0 bridgehead atoms. The molecule has 0 aliphatic heterocycles. The van der Waals surface area contributed by atoms with Crippen LogP contribution in [-0.2, 0) is 11.2 Å². The quantitative estimate of drug-likeness (QED) is 0.611. The average Bonchev–Trinajstić information content (AvgIpc) is 2.75. The molecule has 0 fully saturated rings. The van der Waals surface area contributed by atoms with Gasteiger partial charge < -0.3 is 14.4 Å². The predicted molar refractivity (Wildman–Crippen MR) is 111 cm³/mol. The zero-order valence-corrected chi connectivity index (χ0v) is 16.5. The van der Waals surface area contributed by atoms with Gasteiger partial charge in [0.2, 0.25) is 5.91 Å². The predicted octanol–water partition coefficient (Wildman–Crippen LogP) is 4.49. The summed E-state index contributed by atoms with van der Waals surface area (Å²) in [6.45, 7) is 0. The van der Waals surface area contributed by atoms with Gasteiger partial charge >= 0.3 is 0 Å². The van der Waals surface area contributed by atoms with E-state index >= 15 is 0 Å². The number of nitrogens with zero attached hydrogens (tertiary/aromatic N) is 1. The van der Waals surface area contributed by atoms with Gasteiger partial charge in [-0.15, -0.1) is 0 Å². The first-order chi connectivity index (χ1) is 13.6. The molecule has 0 aromatic heterocycles. The van der Waals surface area contributed by atoms with Crippen LogP contribution >= 0.6 is 0 Å². The Bertz CT molecular complexity index is 870. The summed E-state index contributed by atoms with van der Waals surface area (Å²) in [7, 11) is 5.05. The van der Waals surface area contributed by atoms with Crippen LogP contribution in [0.5, 0.6) is 11.5 Å². The second kappa shape index (κ2) is 9.09. The van der Waals surface area contributed by atoms with Crippen molar-refractivity contribution in [3.63, 3.8) is 0 Å². The minimum absolute atomic E-state index is 0.0323. The molecular weight excluding hydrogens is 350 g/mol. The lowest BCUT2D eigenvalue weighted by Crippen LogP contribution is -2.33. The summed E-state index contributed by atoms with van der Waals surface area (Å²) in [5.41, 5.74) is 3.04. The van der Waals surface area contributed by atoms with Gasteiger partial charge in [0, 0.05) is 7.05 Å². The molecule has 28 heavy (non-hydrogen) atoms. The first-order valence-electron chi connectivity index (χ1n) is 9.20. The third kappa shape index (κ3) is 4.34. The van der Waals surface area contributed by atoms with Gasteiger partial charge in [-0.3, -0.25) is 4.79 Å². The van der Waals surface area contributed by atoms with E-state index in [1.165, 1.54) is 0 Å². The molecule has 0 atom stereocenters. The molecule has 0 aliphatic carbocycles. The normalized spacial score (nSPS) is 10.6. The van der Waals surface area contributed by atoms with Gasteiger partial charge in [-0.2, -0.15) is 0 Å². The van der Waals surface area contributed by atoms with Crippen LogP contribution in [0.15, 0.2) is 78.9 Å². The third-order valence-electron chi connectivity index (χ3n) is 4.81. The van der Waals surface area contributed by atoms with Crippen molar-refractivity contribution in [2.75, 3.05) is 21.3 Å². The molecule has 3 aromatic rings. The molecule has 0 aliphatic rings. The van der Waals surface area contributed by atoms with Crippen molar-refractivity contribution < 1.29 is 14.3 Å². The van der Waals surface area contributed by atoms with E-state index in [1.54, 1.807) is 19.1 Å². The van der Waals surface area contributed by atoms with Crippen LogP contribution in [0.4, 0.5) is 0 Å². The van der Waals surface area contributed by atoms with Gasteiger partial charge in [0.15, 0.2) is 11.5 Å². The number of methoxy groups -OCH3 is 2. The molecule has 4 heteroatoms. The minimum Gasteiger partial charge on any atom is -0.493 e. The number of amides is 1. The molecule has 3 aromatic carbocycles. The maximum Gasteiger partial charge on any atom is 0.227 e. The lowest BCUT2D eigenvalue weighted by atomic mass is 9.97. The van der Waals surface area contributed by atoms with E-state index in [4.69, 9.17) is 9.47 Å². The number of hydrogen-bond donors (Lipinski definition) is 0. The van der Waals surface area contributed by atoms with Crippen LogP contribution in [0.3, 0.4) is 0 Å². The van der Waals surface area contributed by atoms with Crippen molar-refractivity contribution in [1.82, 2.24) is 4.90 Å². The Hall–Kier alpha value is -3.27. The van der Waals surface area contributed by atoms with Gasteiger partial charge in [-0.25, -0.2) is 0 Å². The molecule has 3 rings (SSSR count). The lowest BCUT2D eigenvalue weighted by molar-refractivity contribution is -0.130. The molecule has 0 unspecified atom stereocenters. The van der Waals surface area contributed by atoms with Crippen LogP contribution < -0.4 is 9.47 Å². The first kappa shape index (κ1) is 19.5. The average molecular weight is 375 g/mol. The highest BCUT2D eigenvalue weighted by atomic mass is 16.5. The number of carbonyl (C=O) groups excluding carboxylic acids is 1. The summed E-state index contributed by atoms with van der Waals surface area (Å²) in [6, 6.07) is 25.6. The topological polar surface area (TPSA) is 38.8 Å². The van der Waals surface area contributed by atoms with Crippen LogP contribution in [0, 0.1) is 0 Å². The smallest absolute Gasteiger partial charge is 0.227 e. The Balaban J connectivity index is 1.87. The molecular formula is C24H25NO3. The Morgan fingerprint density at radius 1 is 0.821 bits per heavy atom. The minimum atomic E-state index is -0.143. The Kier molecular flexibility index (Phi) is 6.33. The molecule has 144 valence electrons. The summed E-state index contributed by atoms with van der Waals surface area (Å²) in [5, 5.41) is 0. The SMILES string of the molecule is COc1ccc(CC(=O)N(C)C(c2ccccc2)c2ccccc2)cc1OC. The summed E-state index contributed by atoms with van der Waals surface area (Å²) >= 11 is 0. The van der Waals surface area contributed by atoms with E-state index in [9.17, 15) is 4.79 Å². The van der Waals surface area contributed by atoms with E-state index in [1.807, 2.05) is 61.6 Å². The number of benzene rings is 3. The van der Waals surface area contributed by atoms with Crippen molar-refractivity contribution in [1.29, 1.82) is 0 Å². The number of hydrogen-bond acceptors (Lipinski definition) is 3. The fraction of sp³-hybridized carbons (Fsp3) is 0.208. The number of ether oxygens (including phenoxy) is 2. The van der Waals surface area contributed by atoms with E-state index < -0.39 is 0 Å². The van der Waals surface area contributed by atoms with Crippen LogP contribution in [0.1, 0.15) is 22.7 Å². The van der Waals surface area contributed by atoms with Gasteiger partial charge in [0.05, 0.1) is 26.7 Å². The first-order valence-corrected chi connectivity index (χ1v) is 9.20. The van der Waals surface area contributed by atoms with Gasteiger partial charge in [-0.1, -0.05) is 66.7 Å². The van der Waals surface area contributed by atoms with E-state index in [-0.39, 0.29) is 18.4 Å². The summed E-state index contributed by atoms with van der Waals surface area (Å²) < 4.78 is 10.6. The highest BCUT2D eigenvalue weighted by molar-refractivity contribution is 5.79. The third-order valence-corrected chi connectivity index (χ3v) is 4.81. The zero-order valence-electron chi connectivity index (χ0n) is 16.5. The molecule has 0 saturated heterocycles. The summed E-state index contributed by atoms with van der Waals surface area (Å²) in [5.74, 6) is 1.31. The van der Waals surface area contributed by atoms with Gasteiger partial charge in [-0.05, 0) is 28.8 Å². The second-order valence-corrected chi connectivity index (χ2v) is 6.59. The molecule has 0 radical (unpaired) electrons. The van der Waals surface area contributed by atoms with E-state index in [0.717, 1.165) is 16.7 Å². The number of likely N-dealkylation sites (N-methyl/N-ethyl adjacent to an activating group) is 1.